The fourth-order valence-electron chi connectivity index (χ4n) is 1.98. The number of rotatable bonds is 7. The molecule has 0 unspecified atom stereocenters. The first-order chi connectivity index (χ1) is 8.15. The summed E-state index contributed by atoms with van der Waals surface area (Å²) in [5.41, 5.74) is 0.984. The van der Waals surface area contributed by atoms with Crippen molar-refractivity contribution < 1.29 is 14.3 Å². The summed E-state index contributed by atoms with van der Waals surface area (Å²) in [4.78, 5) is 22.3. The van der Waals surface area contributed by atoms with Crippen molar-refractivity contribution >= 4 is 27.7 Å². The van der Waals surface area contributed by atoms with Gasteiger partial charge in [-0.3, -0.25) is 9.59 Å². The van der Waals surface area contributed by atoms with Crippen LogP contribution in [0.2, 0.25) is 0 Å². The van der Waals surface area contributed by atoms with E-state index < -0.39 is 0 Å². The minimum Gasteiger partial charge on any atom is -0.469 e. The lowest BCUT2D eigenvalue weighted by Gasteiger charge is -2.02. The van der Waals surface area contributed by atoms with Gasteiger partial charge in [-0.1, -0.05) is 28.8 Å². The Labute approximate surface area is 111 Å². The van der Waals surface area contributed by atoms with Gasteiger partial charge in [0.05, 0.1) is 7.11 Å². The second-order valence-corrected chi connectivity index (χ2v) is 5.25. The number of hydrogen-bond acceptors (Lipinski definition) is 3. The highest BCUT2D eigenvalue weighted by molar-refractivity contribution is 9.11. The zero-order valence-corrected chi connectivity index (χ0v) is 11.8. The summed E-state index contributed by atoms with van der Waals surface area (Å²) in [5, 5.41) is 0. The monoisotopic (exact) mass is 302 g/mol. The van der Waals surface area contributed by atoms with Gasteiger partial charge in [0.15, 0.2) is 5.78 Å². The van der Waals surface area contributed by atoms with E-state index in [-0.39, 0.29) is 5.97 Å². The Hall–Kier alpha value is -0.640. The molecule has 0 heterocycles. The van der Waals surface area contributed by atoms with E-state index in [2.05, 4.69) is 20.7 Å². The number of ether oxygens (including phenoxy) is 1. The summed E-state index contributed by atoms with van der Waals surface area (Å²) in [6, 6.07) is 0. The van der Waals surface area contributed by atoms with E-state index in [0.717, 1.165) is 48.6 Å². The van der Waals surface area contributed by atoms with Crippen LogP contribution < -0.4 is 0 Å². The van der Waals surface area contributed by atoms with Crippen molar-refractivity contribution in [1.82, 2.24) is 0 Å². The predicted octanol–water partition coefficient (Wildman–Crippen LogP) is 3.51. The lowest BCUT2D eigenvalue weighted by atomic mass is 10.0. The molecule has 0 aromatic heterocycles. The quantitative estimate of drug-likeness (QED) is 0.534. The summed E-state index contributed by atoms with van der Waals surface area (Å²) in [6.45, 7) is 0. The van der Waals surface area contributed by atoms with Gasteiger partial charge in [-0.15, -0.1) is 0 Å². The van der Waals surface area contributed by atoms with Crippen molar-refractivity contribution in [2.45, 2.75) is 51.4 Å². The standard InChI is InChI=1S/C13H19BrO3/c1-17-13(16)7-5-3-2-4-6-10-11(14)8-9-12(10)15/h2-9H2,1H3. The van der Waals surface area contributed by atoms with E-state index in [1.807, 2.05) is 0 Å². The number of carbonyl (C=O) groups is 2. The Morgan fingerprint density at radius 1 is 1.24 bits per heavy atom. The average molecular weight is 303 g/mol. The number of halogens is 1. The molecule has 0 atom stereocenters. The molecule has 0 amide bonds. The van der Waals surface area contributed by atoms with Gasteiger partial charge < -0.3 is 4.74 Å². The van der Waals surface area contributed by atoms with Crippen LogP contribution in [0.15, 0.2) is 10.1 Å². The smallest absolute Gasteiger partial charge is 0.305 e. The van der Waals surface area contributed by atoms with Crippen LogP contribution in [0.3, 0.4) is 0 Å². The minimum absolute atomic E-state index is 0.138. The molecular formula is C13H19BrO3. The average Bonchev–Trinajstić information content (AvgIpc) is 2.64. The summed E-state index contributed by atoms with van der Waals surface area (Å²) in [7, 11) is 1.41. The fraction of sp³-hybridized carbons (Fsp3) is 0.692. The maximum Gasteiger partial charge on any atom is 0.305 e. The third-order valence-electron chi connectivity index (χ3n) is 3.02. The lowest BCUT2D eigenvalue weighted by Crippen LogP contribution is -1.99. The van der Waals surface area contributed by atoms with Crippen molar-refractivity contribution in [2.75, 3.05) is 7.11 Å². The number of Topliss-reactive ketones (excluding diaryl/α,β-unsaturated/α-hetero) is 1. The van der Waals surface area contributed by atoms with Gasteiger partial charge in [-0.2, -0.15) is 0 Å². The number of allylic oxidation sites excluding steroid dienone is 2. The zero-order valence-electron chi connectivity index (χ0n) is 10.3. The van der Waals surface area contributed by atoms with Gasteiger partial charge in [-0.05, 0) is 25.7 Å². The van der Waals surface area contributed by atoms with Crippen LogP contribution in [0.25, 0.3) is 0 Å². The first kappa shape index (κ1) is 14.4. The normalized spacial score (nSPS) is 15.5. The van der Waals surface area contributed by atoms with Gasteiger partial charge in [0.25, 0.3) is 0 Å². The van der Waals surface area contributed by atoms with Crippen LogP contribution in [0.4, 0.5) is 0 Å². The van der Waals surface area contributed by atoms with E-state index in [1.165, 1.54) is 7.11 Å². The van der Waals surface area contributed by atoms with E-state index in [4.69, 9.17) is 0 Å². The van der Waals surface area contributed by atoms with Gasteiger partial charge in [-0.25, -0.2) is 0 Å². The lowest BCUT2D eigenvalue weighted by molar-refractivity contribution is -0.140. The fourth-order valence-corrected chi connectivity index (χ4v) is 2.60. The van der Waals surface area contributed by atoms with Gasteiger partial charge in [0, 0.05) is 22.9 Å². The van der Waals surface area contributed by atoms with Crippen LogP contribution in [0, 0.1) is 0 Å². The Morgan fingerprint density at radius 3 is 2.53 bits per heavy atom. The second kappa shape index (κ2) is 7.64. The second-order valence-electron chi connectivity index (χ2n) is 4.30. The number of esters is 1. The minimum atomic E-state index is -0.138. The van der Waals surface area contributed by atoms with Crippen molar-refractivity contribution in [3.63, 3.8) is 0 Å². The molecule has 0 aromatic rings. The largest absolute Gasteiger partial charge is 0.469 e. The zero-order chi connectivity index (χ0) is 12.7. The van der Waals surface area contributed by atoms with Crippen molar-refractivity contribution in [1.29, 1.82) is 0 Å². The molecule has 96 valence electrons. The maximum absolute atomic E-state index is 11.5. The van der Waals surface area contributed by atoms with Crippen LogP contribution in [0.1, 0.15) is 51.4 Å². The first-order valence-corrected chi connectivity index (χ1v) is 6.92. The molecule has 0 N–H and O–H groups in total. The molecule has 1 aliphatic rings. The van der Waals surface area contributed by atoms with Crippen LogP contribution >= 0.6 is 15.9 Å². The molecule has 0 aromatic carbocycles. The summed E-state index contributed by atoms with van der Waals surface area (Å²) in [5.74, 6) is 0.160. The number of methoxy groups -OCH3 is 1. The number of carbonyl (C=O) groups excluding carboxylic acids is 2. The first-order valence-electron chi connectivity index (χ1n) is 6.12. The molecule has 1 aliphatic carbocycles. The van der Waals surface area contributed by atoms with Crippen LogP contribution in [-0.4, -0.2) is 18.9 Å². The van der Waals surface area contributed by atoms with Gasteiger partial charge in [0.1, 0.15) is 0 Å². The molecule has 3 nitrogen and oxygen atoms in total. The van der Waals surface area contributed by atoms with E-state index in [0.29, 0.717) is 18.6 Å². The molecule has 0 fully saturated rings. The molecule has 0 saturated carbocycles. The molecule has 17 heavy (non-hydrogen) atoms. The SMILES string of the molecule is COC(=O)CCCCCCC1=C(Br)CCC1=O. The molecule has 1 rings (SSSR count). The number of unbranched alkanes of at least 4 members (excludes halogenated alkanes) is 3. The Kier molecular flexibility index (Phi) is 6.48. The molecule has 0 radical (unpaired) electrons. The highest BCUT2D eigenvalue weighted by atomic mass is 79.9. The molecular weight excluding hydrogens is 284 g/mol. The van der Waals surface area contributed by atoms with Crippen LogP contribution in [-0.2, 0) is 14.3 Å². The molecule has 0 aliphatic heterocycles. The Morgan fingerprint density at radius 2 is 1.94 bits per heavy atom. The summed E-state index contributed by atoms with van der Waals surface area (Å²) >= 11 is 3.45. The molecule has 4 heteroatoms. The maximum atomic E-state index is 11.5. The third-order valence-corrected chi connectivity index (χ3v) is 3.90. The summed E-state index contributed by atoms with van der Waals surface area (Å²) in [6.07, 6.45) is 6.90. The topological polar surface area (TPSA) is 43.4 Å². The number of hydrogen-bond donors (Lipinski definition) is 0. The highest BCUT2D eigenvalue weighted by Gasteiger charge is 2.20. The van der Waals surface area contributed by atoms with Crippen LogP contribution in [0.5, 0.6) is 0 Å². The Balaban J connectivity index is 2.07. The van der Waals surface area contributed by atoms with Crippen molar-refractivity contribution in [2.24, 2.45) is 0 Å². The molecule has 0 bridgehead atoms. The van der Waals surface area contributed by atoms with E-state index in [9.17, 15) is 9.59 Å². The summed E-state index contributed by atoms with van der Waals surface area (Å²) < 4.78 is 5.66. The van der Waals surface area contributed by atoms with Crippen molar-refractivity contribution in [3.8, 4) is 0 Å². The predicted molar refractivity (Wildman–Crippen MR) is 69.9 cm³/mol. The van der Waals surface area contributed by atoms with E-state index >= 15 is 0 Å². The molecule has 0 spiro atoms. The number of ketones is 1. The highest BCUT2D eigenvalue weighted by Crippen LogP contribution is 2.30. The van der Waals surface area contributed by atoms with Crippen molar-refractivity contribution in [3.05, 3.63) is 10.1 Å². The van der Waals surface area contributed by atoms with E-state index in [1.54, 1.807) is 0 Å². The Bertz CT molecular complexity index is 321. The third kappa shape index (κ3) is 5.02. The van der Waals surface area contributed by atoms with Gasteiger partial charge >= 0.3 is 5.97 Å². The molecule has 0 saturated heterocycles. The van der Waals surface area contributed by atoms with Gasteiger partial charge in [0.2, 0.25) is 0 Å².